The van der Waals surface area contributed by atoms with Gasteiger partial charge in [0.05, 0.1) is 18.6 Å². The van der Waals surface area contributed by atoms with Gasteiger partial charge in [-0.15, -0.1) is 0 Å². The molecule has 0 fully saturated rings. The molecular weight excluding hydrogens is 348 g/mol. The van der Waals surface area contributed by atoms with Gasteiger partial charge in [0.2, 0.25) is 0 Å². The molecule has 2 aromatic heterocycles. The van der Waals surface area contributed by atoms with Crippen molar-refractivity contribution >= 4 is 40.4 Å². The summed E-state index contributed by atoms with van der Waals surface area (Å²) in [6.45, 7) is 3.11. The summed E-state index contributed by atoms with van der Waals surface area (Å²) in [7, 11) is 0. The van der Waals surface area contributed by atoms with E-state index in [4.69, 9.17) is 13.9 Å². The molecule has 0 saturated heterocycles. The third kappa shape index (κ3) is 5.57. The summed E-state index contributed by atoms with van der Waals surface area (Å²) in [4.78, 5) is 39.4. The van der Waals surface area contributed by atoms with Crippen molar-refractivity contribution in [1.82, 2.24) is 4.98 Å². The first-order valence-electron chi connectivity index (χ1n) is 7.32. The number of thiazole rings is 1. The zero-order chi connectivity index (χ0) is 18.2. The lowest BCUT2D eigenvalue weighted by Crippen LogP contribution is -2.20. The maximum atomic E-state index is 11.8. The Balaban J connectivity index is 1.83. The van der Waals surface area contributed by atoms with E-state index >= 15 is 0 Å². The van der Waals surface area contributed by atoms with Crippen molar-refractivity contribution in [2.45, 2.75) is 13.8 Å². The smallest absolute Gasteiger partial charge is 0.350 e. The SMILES string of the molecule is CCOC(=O)c1sc(NC(=O)COC(=O)C=Cc2ccco2)nc1C. The fraction of sp³-hybridized carbons (Fsp3) is 0.250. The minimum atomic E-state index is -0.686. The lowest BCUT2D eigenvalue weighted by molar-refractivity contribution is -0.142. The van der Waals surface area contributed by atoms with E-state index in [0.717, 1.165) is 17.4 Å². The van der Waals surface area contributed by atoms with Crippen molar-refractivity contribution in [2.75, 3.05) is 18.5 Å². The Morgan fingerprint density at radius 2 is 2.16 bits per heavy atom. The molecule has 0 saturated carbocycles. The van der Waals surface area contributed by atoms with Gasteiger partial charge < -0.3 is 13.9 Å². The van der Waals surface area contributed by atoms with Crippen LogP contribution in [0, 0.1) is 6.92 Å². The number of esters is 2. The van der Waals surface area contributed by atoms with Gasteiger partial charge in [0.25, 0.3) is 5.91 Å². The quantitative estimate of drug-likeness (QED) is 0.594. The molecule has 0 spiro atoms. The molecule has 2 aromatic rings. The predicted molar refractivity (Wildman–Crippen MR) is 90.1 cm³/mol. The van der Waals surface area contributed by atoms with E-state index in [1.54, 1.807) is 26.0 Å². The number of carbonyl (C=O) groups excluding carboxylic acids is 3. The van der Waals surface area contributed by atoms with E-state index in [-0.39, 0.29) is 11.7 Å². The summed E-state index contributed by atoms with van der Waals surface area (Å²) in [6.07, 6.45) is 4.05. The Morgan fingerprint density at radius 1 is 1.36 bits per heavy atom. The molecule has 0 atom stereocenters. The van der Waals surface area contributed by atoms with E-state index < -0.39 is 24.5 Å². The van der Waals surface area contributed by atoms with Crippen LogP contribution in [0.2, 0.25) is 0 Å². The van der Waals surface area contributed by atoms with Crippen LogP contribution in [0.25, 0.3) is 6.08 Å². The first-order chi connectivity index (χ1) is 12.0. The van der Waals surface area contributed by atoms with Gasteiger partial charge >= 0.3 is 11.9 Å². The van der Waals surface area contributed by atoms with Crippen molar-refractivity contribution in [2.24, 2.45) is 0 Å². The van der Waals surface area contributed by atoms with Crippen LogP contribution in [0.4, 0.5) is 5.13 Å². The molecule has 0 bridgehead atoms. The molecule has 9 heteroatoms. The van der Waals surface area contributed by atoms with Crippen molar-refractivity contribution < 1.29 is 28.3 Å². The number of ether oxygens (including phenoxy) is 2. The molecule has 0 aliphatic heterocycles. The molecule has 132 valence electrons. The summed E-state index contributed by atoms with van der Waals surface area (Å²) in [5.74, 6) is -1.25. The number of furan rings is 1. The van der Waals surface area contributed by atoms with Crippen LogP contribution in [0.5, 0.6) is 0 Å². The minimum Gasteiger partial charge on any atom is -0.465 e. The highest BCUT2D eigenvalue weighted by Gasteiger charge is 2.17. The topological polar surface area (TPSA) is 108 Å². The Hall–Kier alpha value is -2.94. The van der Waals surface area contributed by atoms with Gasteiger partial charge in [0, 0.05) is 6.08 Å². The zero-order valence-corrected chi connectivity index (χ0v) is 14.4. The first-order valence-corrected chi connectivity index (χ1v) is 8.14. The number of nitrogens with zero attached hydrogens (tertiary/aromatic N) is 1. The second-order valence-corrected chi connectivity index (χ2v) is 5.66. The molecule has 2 heterocycles. The highest BCUT2D eigenvalue weighted by atomic mass is 32.1. The van der Waals surface area contributed by atoms with Gasteiger partial charge in [-0.1, -0.05) is 11.3 Å². The summed E-state index contributed by atoms with van der Waals surface area (Å²) < 4.78 is 14.7. The van der Waals surface area contributed by atoms with E-state index in [1.165, 1.54) is 12.3 Å². The Morgan fingerprint density at radius 3 is 2.84 bits per heavy atom. The molecule has 8 nitrogen and oxygen atoms in total. The molecule has 0 unspecified atom stereocenters. The largest absolute Gasteiger partial charge is 0.465 e. The normalized spacial score (nSPS) is 10.6. The monoisotopic (exact) mass is 364 g/mol. The molecule has 0 radical (unpaired) electrons. The maximum Gasteiger partial charge on any atom is 0.350 e. The van der Waals surface area contributed by atoms with E-state index in [2.05, 4.69) is 10.3 Å². The maximum absolute atomic E-state index is 11.8. The Bertz CT molecular complexity index is 779. The fourth-order valence-corrected chi connectivity index (χ4v) is 2.59. The molecule has 0 aliphatic rings. The molecule has 1 amide bonds. The van der Waals surface area contributed by atoms with Gasteiger partial charge in [-0.05, 0) is 32.1 Å². The fourth-order valence-electron chi connectivity index (χ4n) is 1.71. The van der Waals surface area contributed by atoms with Gasteiger partial charge in [-0.3, -0.25) is 10.1 Å². The number of anilines is 1. The number of carbonyl (C=O) groups is 3. The molecular formula is C16H16N2O6S. The van der Waals surface area contributed by atoms with Gasteiger partial charge in [-0.25, -0.2) is 14.6 Å². The van der Waals surface area contributed by atoms with Crippen molar-refractivity contribution in [3.05, 3.63) is 40.8 Å². The highest BCUT2D eigenvalue weighted by Crippen LogP contribution is 2.23. The van der Waals surface area contributed by atoms with Crippen LogP contribution in [0.15, 0.2) is 28.9 Å². The van der Waals surface area contributed by atoms with Crippen molar-refractivity contribution in [1.29, 1.82) is 0 Å². The molecule has 1 N–H and O–H groups in total. The number of hydrogen-bond donors (Lipinski definition) is 1. The summed E-state index contributed by atoms with van der Waals surface area (Å²) >= 11 is 0.994. The molecule has 0 aromatic carbocycles. The van der Waals surface area contributed by atoms with Crippen LogP contribution in [0.1, 0.15) is 28.0 Å². The average molecular weight is 364 g/mol. The number of aryl methyl sites for hydroxylation is 1. The van der Waals surface area contributed by atoms with Gasteiger partial charge in [-0.2, -0.15) is 0 Å². The van der Waals surface area contributed by atoms with Gasteiger partial charge in [0.15, 0.2) is 11.7 Å². The first kappa shape index (κ1) is 18.4. The molecule has 2 rings (SSSR count). The van der Waals surface area contributed by atoms with Crippen LogP contribution < -0.4 is 5.32 Å². The Labute approximate surface area is 147 Å². The third-order valence-electron chi connectivity index (χ3n) is 2.78. The summed E-state index contributed by atoms with van der Waals surface area (Å²) in [5, 5.41) is 2.70. The summed E-state index contributed by atoms with van der Waals surface area (Å²) in [6, 6.07) is 3.35. The lowest BCUT2D eigenvalue weighted by Gasteiger charge is -2.01. The van der Waals surface area contributed by atoms with Crippen LogP contribution in [0.3, 0.4) is 0 Å². The number of aromatic nitrogens is 1. The van der Waals surface area contributed by atoms with Crippen LogP contribution in [-0.4, -0.2) is 36.0 Å². The number of amides is 1. The van der Waals surface area contributed by atoms with Crippen molar-refractivity contribution in [3.8, 4) is 0 Å². The van der Waals surface area contributed by atoms with Crippen molar-refractivity contribution in [3.63, 3.8) is 0 Å². The third-order valence-corrected chi connectivity index (χ3v) is 3.83. The zero-order valence-electron chi connectivity index (χ0n) is 13.6. The van der Waals surface area contributed by atoms with E-state index in [1.807, 2.05) is 0 Å². The van der Waals surface area contributed by atoms with Crippen LogP contribution in [-0.2, 0) is 19.1 Å². The number of rotatable bonds is 7. The lowest BCUT2D eigenvalue weighted by atomic mass is 10.4. The average Bonchev–Trinajstić information content (AvgIpc) is 3.21. The molecule has 0 aliphatic carbocycles. The number of hydrogen-bond acceptors (Lipinski definition) is 8. The van der Waals surface area contributed by atoms with E-state index in [9.17, 15) is 14.4 Å². The van der Waals surface area contributed by atoms with E-state index in [0.29, 0.717) is 16.3 Å². The second kappa shape index (κ2) is 8.78. The number of nitrogens with one attached hydrogen (secondary N) is 1. The molecule has 25 heavy (non-hydrogen) atoms. The summed E-state index contributed by atoms with van der Waals surface area (Å²) in [5.41, 5.74) is 0.456. The highest BCUT2D eigenvalue weighted by molar-refractivity contribution is 7.17. The second-order valence-electron chi connectivity index (χ2n) is 4.66. The standard InChI is InChI=1S/C16H16N2O6S/c1-3-22-15(21)14-10(2)17-16(25-14)18-12(19)9-24-13(20)7-6-11-5-4-8-23-11/h4-8H,3,9H2,1-2H3,(H,17,18,19). The van der Waals surface area contributed by atoms with Gasteiger partial charge in [0.1, 0.15) is 10.6 Å². The minimum absolute atomic E-state index is 0.229. The predicted octanol–water partition coefficient (Wildman–Crippen LogP) is 2.42. The van der Waals surface area contributed by atoms with Crippen LogP contribution >= 0.6 is 11.3 Å². The Kier molecular flexibility index (Phi) is 6.47.